The van der Waals surface area contributed by atoms with E-state index in [1.165, 1.54) is 14.0 Å². The van der Waals surface area contributed by atoms with Crippen LogP contribution in [0.25, 0.3) is 0 Å². The molecule has 0 radical (unpaired) electrons. The molecule has 1 aromatic carbocycles. The third-order valence-corrected chi connectivity index (χ3v) is 3.75. The standard InChI is InChI=1S/C18H29NO4/c1-5-7-10-19(6-2)12-16(21)13-23-17-9-8-15(14(3)20)11-18(17)22-4/h8-9,11,16,21H,5-7,10,12-13H2,1-4H3. The van der Waals surface area contributed by atoms with Crippen LogP contribution in [0.5, 0.6) is 11.5 Å². The summed E-state index contributed by atoms with van der Waals surface area (Å²) >= 11 is 0. The summed E-state index contributed by atoms with van der Waals surface area (Å²) in [5.74, 6) is 1.01. The second kappa shape index (κ2) is 10.2. The summed E-state index contributed by atoms with van der Waals surface area (Å²) in [5.41, 5.74) is 0.575. The van der Waals surface area contributed by atoms with E-state index in [2.05, 4.69) is 18.7 Å². The van der Waals surface area contributed by atoms with Crippen LogP contribution in [0.2, 0.25) is 0 Å². The first-order valence-electron chi connectivity index (χ1n) is 8.23. The molecule has 0 bridgehead atoms. The van der Waals surface area contributed by atoms with Crippen LogP contribution in [0.3, 0.4) is 0 Å². The zero-order valence-corrected chi connectivity index (χ0v) is 14.7. The van der Waals surface area contributed by atoms with Crippen molar-refractivity contribution in [2.24, 2.45) is 0 Å². The lowest BCUT2D eigenvalue weighted by Crippen LogP contribution is -2.36. The number of ether oxygens (including phenoxy) is 2. The number of methoxy groups -OCH3 is 1. The first kappa shape index (κ1) is 19.5. The smallest absolute Gasteiger partial charge is 0.161 e. The molecule has 0 aliphatic carbocycles. The summed E-state index contributed by atoms with van der Waals surface area (Å²) in [5, 5.41) is 10.2. The van der Waals surface area contributed by atoms with E-state index in [9.17, 15) is 9.90 Å². The van der Waals surface area contributed by atoms with Crippen molar-refractivity contribution in [2.45, 2.75) is 39.7 Å². The fourth-order valence-corrected chi connectivity index (χ4v) is 2.30. The Hall–Kier alpha value is -1.59. The maximum absolute atomic E-state index is 11.4. The first-order chi connectivity index (χ1) is 11.0. The normalized spacial score (nSPS) is 12.3. The minimum absolute atomic E-state index is 0.0237. The highest BCUT2D eigenvalue weighted by molar-refractivity contribution is 5.94. The summed E-state index contributed by atoms with van der Waals surface area (Å²) in [6.45, 7) is 8.43. The van der Waals surface area contributed by atoms with Gasteiger partial charge in [-0.3, -0.25) is 4.79 Å². The molecule has 1 rings (SSSR count). The molecular weight excluding hydrogens is 294 g/mol. The highest BCUT2D eigenvalue weighted by Gasteiger charge is 2.13. The Bertz CT molecular complexity index is 490. The molecule has 1 atom stereocenters. The number of unbranched alkanes of at least 4 members (excludes halogenated alkanes) is 1. The van der Waals surface area contributed by atoms with Crippen LogP contribution >= 0.6 is 0 Å². The number of likely N-dealkylation sites (N-methyl/N-ethyl adjacent to an activating group) is 1. The van der Waals surface area contributed by atoms with Crippen molar-refractivity contribution >= 4 is 5.78 Å². The summed E-state index contributed by atoms with van der Waals surface area (Å²) in [6.07, 6.45) is 1.70. The average Bonchev–Trinajstić information content (AvgIpc) is 2.56. The fourth-order valence-electron chi connectivity index (χ4n) is 2.30. The third-order valence-electron chi connectivity index (χ3n) is 3.75. The first-order valence-corrected chi connectivity index (χ1v) is 8.23. The zero-order valence-electron chi connectivity index (χ0n) is 14.7. The van der Waals surface area contributed by atoms with Crippen molar-refractivity contribution in [1.29, 1.82) is 0 Å². The van der Waals surface area contributed by atoms with Gasteiger partial charge < -0.3 is 19.5 Å². The van der Waals surface area contributed by atoms with E-state index < -0.39 is 6.10 Å². The maximum Gasteiger partial charge on any atom is 0.161 e. The predicted molar refractivity (Wildman–Crippen MR) is 91.5 cm³/mol. The summed E-state index contributed by atoms with van der Waals surface area (Å²) in [7, 11) is 1.53. The zero-order chi connectivity index (χ0) is 17.2. The van der Waals surface area contributed by atoms with E-state index in [0.717, 1.165) is 25.9 Å². The van der Waals surface area contributed by atoms with Crippen LogP contribution in [-0.4, -0.2) is 55.2 Å². The maximum atomic E-state index is 11.4. The predicted octanol–water partition coefficient (Wildman–Crippen LogP) is 2.76. The van der Waals surface area contributed by atoms with Crippen LogP contribution < -0.4 is 9.47 Å². The second-order valence-electron chi connectivity index (χ2n) is 5.63. The fraction of sp³-hybridized carbons (Fsp3) is 0.611. The molecule has 1 unspecified atom stereocenters. The SMILES string of the molecule is CCCCN(CC)CC(O)COc1ccc(C(C)=O)cc1OC. The third kappa shape index (κ3) is 6.59. The number of benzene rings is 1. The monoisotopic (exact) mass is 323 g/mol. The van der Waals surface area contributed by atoms with Crippen molar-refractivity contribution in [1.82, 2.24) is 4.90 Å². The molecule has 23 heavy (non-hydrogen) atoms. The van der Waals surface area contributed by atoms with Gasteiger partial charge in [-0.25, -0.2) is 0 Å². The van der Waals surface area contributed by atoms with Crippen molar-refractivity contribution in [3.05, 3.63) is 23.8 Å². The topological polar surface area (TPSA) is 59.0 Å². The molecule has 0 aliphatic heterocycles. The van der Waals surface area contributed by atoms with Gasteiger partial charge in [0.15, 0.2) is 17.3 Å². The number of Topliss-reactive ketones (excluding diaryl/α,β-unsaturated/α-hetero) is 1. The van der Waals surface area contributed by atoms with Gasteiger partial charge in [0.1, 0.15) is 12.7 Å². The molecule has 5 nitrogen and oxygen atoms in total. The summed E-state index contributed by atoms with van der Waals surface area (Å²) < 4.78 is 10.9. The number of hydrogen-bond acceptors (Lipinski definition) is 5. The second-order valence-corrected chi connectivity index (χ2v) is 5.63. The molecule has 130 valence electrons. The molecule has 1 aromatic rings. The Kier molecular flexibility index (Phi) is 8.66. The van der Waals surface area contributed by atoms with E-state index in [1.807, 2.05) is 0 Å². The minimum atomic E-state index is -0.566. The van der Waals surface area contributed by atoms with Gasteiger partial charge in [-0.15, -0.1) is 0 Å². The van der Waals surface area contributed by atoms with Gasteiger partial charge in [0.2, 0.25) is 0 Å². The number of hydrogen-bond donors (Lipinski definition) is 1. The Morgan fingerprint density at radius 3 is 2.61 bits per heavy atom. The van der Waals surface area contributed by atoms with E-state index in [0.29, 0.717) is 23.6 Å². The van der Waals surface area contributed by atoms with Gasteiger partial charge in [0.25, 0.3) is 0 Å². The lowest BCUT2D eigenvalue weighted by Gasteiger charge is -2.23. The molecule has 5 heteroatoms. The van der Waals surface area contributed by atoms with Crippen molar-refractivity contribution in [3.63, 3.8) is 0 Å². The van der Waals surface area contributed by atoms with Gasteiger partial charge in [-0.1, -0.05) is 20.3 Å². The van der Waals surface area contributed by atoms with Gasteiger partial charge in [-0.2, -0.15) is 0 Å². The molecular formula is C18H29NO4. The Morgan fingerprint density at radius 2 is 2.04 bits per heavy atom. The molecule has 0 heterocycles. The van der Waals surface area contributed by atoms with Gasteiger partial charge in [0.05, 0.1) is 7.11 Å². The number of rotatable bonds is 11. The minimum Gasteiger partial charge on any atom is -0.493 e. The molecule has 0 amide bonds. The number of carbonyl (C=O) groups is 1. The highest BCUT2D eigenvalue weighted by atomic mass is 16.5. The van der Waals surface area contributed by atoms with Crippen molar-refractivity contribution < 1.29 is 19.4 Å². The quantitative estimate of drug-likeness (QED) is 0.635. The van der Waals surface area contributed by atoms with Crippen LogP contribution in [-0.2, 0) is 0 Å². The number of nitrogens with zero attached hydrogens (tertiary/aromatic N) is 1. The molecule has 0 saturated heterocycles. The highest BCUT2D eigenvalue weighted by Crippen LogP contribution is 2.28. The number of carbonyl (C=O) groups excluding carboxylic acids is 1. The summed E-state index contributed by atoms with van der Waals surface area (Å²) in [4.78, 5) is 13.6. The number of aliphatic hydroxyl groups excluding tert-OH is 1. The van der Waals surface area contributed by atoms with E-state index in [-0.39, 0.29) is 12.4 Å². The Labute approximate surface area is 139 Å². The molecule has 1 N–H and O–H groups in total. The van der Waals surface area contributed by atoms with E-state index >= 15 is 0 Å². The van der Waals surface area contributed by atoms with Crippen LogP contribution in [0.1, 0.15) is 44.0 Å². The lowest BCUT2D eigenvalue weighted by atomic mass is 10.1. The van der Waals surface area contributed by atoms with Crippen molar-refractivity contribution in [3.8, 4) is 11.5 Å². The van der Waals surface area contributed by atoms with Gasteiger partial charge in [0, 0.05) is 12.1 Å². The van der Waals surface area contributed by atoms with Crippen LogP contribution in [0.4, 0.5) is 0 Å². The average molecular weight is 323 g/mol. The summed E-state index contributed by atoms with van der Waals surface area (Å²) in [6, 6.07) is 5.06. The van der Waals surface area contributed by atoms with Gasteiger partial charge in [-0.05, 0) is 44.6 Å². The molecule has 0 spiro atoms. The van der Waals surface area contributed by atoms with E-state index in [4.69, 9.17) is 9.47 Å². The van der Waals surface area contributed by atoms with Crippen LogP contribution in [0.15, 0.2) is 18.2 Å². The molecule has 0 fully saturated rings. The number of ketones is 1. The Morgan fingerprint density at radius 1 is 1.30 bits per heavy atom. The van der Waals surface area contributed by atoms with E-state index in [1.54, 1.807) is 18.2 Å². The molecule has 0 saturated carbocycles. The Balaban J connectivity index is 2.58. The largest absolute Gasteiger partial charge is 0.493 e. The van der Waals surface area contributed by atoms with Crippen molar-refractivity contribution in [2.75, 3.05) is 33.4 Å². The molecule has 0 aliphatic rings. The van der Waals surface area contributed by atoms with Gasteiger partial charge >= 0.3 is 0 Å². The number of aliphatic hydroxyl groups is 1. The lowest BCUT2D eigenvalue weighted by molar-refractivity contribution is 0.0684. The van der Waals surface area contributed by atoms with Crippen LogP contribution in [0, 0.1) is 0 Å². The molecule has 0 aromatic heterocycles.